The van der Waals surface area contributed by atoms with Crippen molar-refractivity contribution in [3.63, 3.8) is 0 Å². The molecule has 0 aliphatic rings. The summed E-state index contributed by atoms with van der Waals surface area (Å²) in [6.45, 7) is -0.256. The second-order valence-corrected chi connectivity index (χ2v) is 4.93. The lowest BCUT2D eigenvalue weighted by atomic mass is 10.1. The van der Waals surface area contributed by atoms with Gasteiger partial charge in [-0.25, -0.2) is 18.0 Å². The monoisotopic (exact) mass is 337 g/mol. The quantitative estimate of drug-likeness (QED) is 0.825. The minimum atomic E-state index is -1.17. The van der Waals surface area contributed by atoms with E-state index < -0.39 is 30.1 Å². The van der Waals surface area contributed by atoms with E-state index in [-0.39, 0.29) is 17.9 Å². The molecule has 0 spiro atoms. The first-order valence-electron chi connectivity index (χ1n) is 7.09. The molecule has 1 N–H and O–H groups in total. The minimum Gasteiger partial charge on any atom is -0.452 e. The van der Waals surface area contributed by atoms with Crippen LogP contribution in [0.1, 0.15) is 15.9 Å². The minimum absolute atomic E-state index is 0.187. The first-order chi connectivity index (χ1) is 11.5. The van der Waals surface area contributed by atoms with Gasteiger partial charge >= 0.3 is 5.97 Å². The molecular weight excluding hydrogens is 323 g/mol. The number of halogens is 3. The lowest BCUT2D eigenvalue weighted by molar-refractivity contribution is -0.124. The summed E-state index contributed by atoms with van der Waals surface area (Å²) in [5, 5.41) is 2.53. The number of esters is 1. The Morgan fingerprint density at radius 1 is 0.958 bits per heavy atom. The number of ether oxygens (including phenoxy) is 1. The van der Waals surface area contributed by atoms with Crippen LogP contribution in [0.25, 0.3) is 0 Å². The van der Waals surface area contributed by atoms with Crippen LogP contribution in [0.4, 0.5) is 13.2 Å². The van der Waals surface area contributed by atoms with E-state index in [9.17, 15) is 22.8 Å². The zero-order valence-electron chi connectivity index (χ0n) is 12.5. The van der Waals surface area contributed by atoms with Gasteiger partial charge in [0.15, 0.2) is 18.2 Å². The summed E-state index contributed by atoms with van der Waals surface area (Å²) >= 11 is 0. The summed E-state index contributed by atoms with van der Waals surface area (Å²) in [5.74, 6) is -4.05. The topological polar surface area (TPSA) is 55.4 Å². The van der Waals surface area contributed by atoms with E-state index in [0.717, 1.165) is 17.7 Å². The molecule has 2 rings (SSSR count). The summed E-state index contributed by atoms with van der Waals surface area (Å²) in [7, 11) is 0. The highest BCUT2D eigenvalue weighted by molar-refractivity contribution is 5.91. The standard InChI is InChI=1S/C17H14F3NO3/c18-13-4-1-11(2-5-13)7-8-21-16(22)10-24-17(23)12-3-6-14(19)15(20)9-12/h1-6,9H,7-8,10H2,(H,21,22). The van der Waals surface area contributed by atoms with Crippen molar-refractivity contribution in [3.05, 3.63) is 71.0 Å². The van der Waals surface area contributed by atoms with Crippen LogP contribution in [0.2, 0.25) is 0 Å². The first-order valence-corrected chi connectivity index (χ1v) is 7.09. The molecule has 7 heteroatoms. The maximum Gasteiger partial charge on any atom is 0.338 e. The van der Waals surface area contributed by atoms with E-state index in [4.69, 9.17) is 4.74 Å². The Hall–Kier alpha value is -2.83. The molecule has 4 nitrogen and oxygen atoms in total. The van der Waals surface area contributed by atoms with Crippen LogP contribution in [-0.4, -0.2) is 25.0 Å². The van der Waals surface area contributed by atoms with Crippen LogP contribution < -0.4 is 5.32 Å². The Kier molecular flexibility index (Phi) is 5.95. The van der Waals surface area contributed by atoms with Crippen LogP contribution in [0.5, 0.6) is 0 Å². The fraction of sp³-hybridized carbons (Fsp3) is 0.176. The van der Waals surface area contributed by atoms with Crippen molar-refractivity contribution in [1.82, 2.24) is 5.32 Å². The van der Waals surface area contributed by atoms with Crippen molar-refractivity contribution in [2.24, 2.45) is 0 Å². The molecule has 0 aliphatic heterocycles. The second-order valence-electron chi connectivity index (χ2n) is 4.93. The zero-order valence-corrected chi connectivity index (χ0v) is 12.5. The fourth-order valence-electron chi connectivity index (χ4n) is 1.89. The van der Waals surface area contributed by atoms with Crippen molar-refractivity contribution < 1.29 is 27.5 Å². The Balaban J connectivity index is 1.73. The van der Waals surface area contributed by atoms with Gasteiger partial charge in [0.05, 0.1) is 5.56 Å². The van der Waals surface area contributed by atoms with Crippen molar-refractivity contribution in [2.45, 2.75) is 6.42 Å². The maximum absolute atomic E-state index is 13.0. The summed E-state index contributed by atoms with van der Waals surface area (Å²) in [5.41, 5.74) is 0.656. The van der Waals surface area contributed by atoms with Gasteiger partial charge in [0.1, 0.15) is 5.82 Å². The molecule has 0 heterocycles. The van der Waals surface area contributed by atoms with E-state index in [1.54, 1.807) is 12.1 Å². The van der Waals surface area contributed by atoms with Crippen molar-refractivity contribution in [1.29, 1.82) is 0 Å². The molecule has 0 saturated heterocycles. The third-order valence-corrected chi connectivity index (χ3v) is 3.14. The molecule has 0 saturated carbocycles. The van der Waals surface area contributed by atoms with Gasteiger partial charge in [0, 0.05) is 6.54 Å². The van der Waals surface area contributed by atoms with E-state index in [1.807, 2.05) is 0 Å². The number of benzene rings is 2. The fourth-order valence-corrected chi connectivity index (χ4v) is 1.89. The number of amides is 1. The van der Waals surface area contributed by atoms with Crippen LogP contribution >= 0.6 is 0 Å². The zero-order chi connectivity index (χ0) is 17.5. The van der Waals surface area contributed by atoms with Crippen LogP contribution in [0.3, 0.4) is 0 Å². The van der Waals surface area contributed by atoms with Gasteiger partial charge < -0.3 is 10.1 Å². The normalized spacial score (nSPS) is 10.3. The number of hydrogen-bond donors (Lipinski definition) is 1. The maximum atomic E-state index is 13.0. The average molecular weight is 337 g/mol. The van der Waals surface area contributed by atoms with Gasteiger partial charge in [-0.2, -0.15) is 0 Å². The van der Waals surface area contributed by atoms with Gasteiger partial charge in [-0.3, -0.25) is 4.79 Å². The summed E-state index contributed by atoms with van der Waals surface area (Å²) in [6.07, 6.45) is 0.489. The Morgan fingerprint density at radius 3 is 2.33 bits per heavy atom. The molecule has 0 atom stereocenters. The van der Waals surface area contributed by atoms with E-state index in [2.05, 4.69) is 5.32 Å². The van der Waals surface area contributed by atoms with Crippen LogP contribution in [0, 0.1) is 17.5 Å². The van der Waals surface area contributed by atoms with Gasteiger partial charge in [0.25, 0.3) is 5.91 Å². The molecule has 0 radical (unpaired) electrons. The van der Waals surface area contributed by atoms with Crippen molar-refractivity contribution >= 4 is 11.9 Å². The Labute approximate surface area is 136 Å². The highest BCUT2D eigenvalue weighted by Crippen LogP contribution is 2.09. The third kappa shape index (κ3) is 5.12. The number of carbonyl (C=O) groups is 2. The second kappa shape index (κ2) is 8.14. The number of nitrogens with one attached hydrogen (secondary N) is 1. The predicted molar refractivity (Wildman–Crippen MR) is 79.8 cm³/mol. The number of hydrogen-bond acceptors (Lipinski definition) is 3. The first kappa shape index (κ1) is 17.5. The van der Waals surface area contributed by atoms with Crippen molar-refractivity contribution in [2.75, 3.05) is 13.2 Å². The molecule has 0 bridgehead atoms. The van der Waals surface area contributed by atoms with Gasteiger partial charge in [-0.1, -0.05) is 12.1 Å². The molecule has 126 valence electrons. The molecule has 1 amide bonds. The lowest BCUT2D eigenvalue weighted by Crippen LogP contribution is -2.30. The Morgan fingerprint density at radius 2 is 1.67 bits per heavy atom. The molecule has 2 aromatic rings. The average Bonchev–Trinajstić information content (AvgIpc) is 2.57. The number of rotatable bonds is 6. The summed E-state index contributed by atoms with van der Waals surface area (Å²) in [6, 6.07) is 8.41. The largest absolute Gasteiger partial charge is 0.452 e. The lowest BCUT2D eigenvalue weighted by Gasteiger charge is -2.07. The molecular formula is C17H14F3NO3. The predicted octanol–water partition coefficient (Wildman–Crippen LogP) is 2.62. The van der Waals surface area contributed by atoms with E-state index in [0.29, 0.717) is 12.5 Å². The van der Waals surface area contributed by atoms with Crippen LogP contribution in [-0.2, 0) is 16.0 Å². The highest BCUT2D eigenvalue weighted by Gasteiger charge is 2.12. The smallest absolute Gasteiger partial charge is 0.338 e. The highest BCUT2D eigenvalue weighted by atomic mass is 19.2. The van der Waals surface area contributed by atoms with Gasteiger partial charge in [0.2, 0.25) is 0 Å². The summed E-state index contributed by atoms with van der Waals surface area (Å²) < 4.78 is 43.2. The number of carbonyl (C=O) groups excluding carboxylic acids is 2. The molecule has 0 fully saturated rings. The van der Waals surface area contributed by atoms with Gasteiger partial charge in [-0.15, -0.1) is 0 Å². The summed E-state index contributed by atoms with van der Waals surface area (Å²) in [4.78, 5) is 23.2. The molecule has 0 aromatic heterocycles. The SMILES string of the molecule is O=C(COC(=O)c1ccc(F)c(F)c1)NCCc1ccc(F)cc1. The molecule has 2 aromatic carbocycles. The van der Waals surface area contributed by atoms with E-state index >= 15 is 0 Å². The molecule has 0 aliphatic carbocycles. The van der Waals surface area contributed by atoms with Crippen LogP contribution in [0.15, 0.2) is 42.5 Å². The third-order valence-electron chi connectivity index (χ3n) is 3.14. The molecule has 0 unspecified atom stereocenters. The van der Waals surface area contributed by atoms with Gasteiger partial charge in [-0.05, 0) is 42.3 Å². The van der Waals surface area contributed by atoms with Crippen molar-refractivity contribution in [3.8, 4) is 0 Å². The molecule has 24 heavy (non-hydrogen) atoms. The van der Waals surface area contributed by atoms with E-state index in [1.165, 1.54) is 12.1 Å². The Bertz CT molecular complexity index is 732.